The van der Waals surface area contributed by atoms with Gasteiger partial charge >= 0.3 is 6.09 Å². The molecule has 2 rings (SSSR count). The minimum absolute atomic E-state index is 0.230. The molecule has 0 atom stereocenters. The molecule has 10 heteroatoms. The SMILES string of the molecule is CC(C)(C)OC(=O)NCC(=O)Nc1cc(-c2nnc(N)s2)ccn1. The van der Waals surface area contributed by atoms with E-state index in [1.807, 2.05) is 0 Å². The summed E-state index contributed by atoms with van der Waals surface area (Å²) < 4.78 is 5.05. The standard InChI is InChI=1S/C14H18N6O3S/c1-14(2,3)23-13(22)17-7-10(21)18-9-6-8(4-5-16-9)11-19-20-12(15)24-11/h4-6H,7H2,1-3H3,(H2,15,20)(H,17,22)(H,16,18,21). The van der Waals surface area contributed by atoms with Crippen LogP contribution in [-0.2, 0) is 9.53 Å². The molecule has 0 aromatic carbocycles. The van der Waals surface area contributed by atoms with Gasteiger partial charge in [-0.1, -0.05) is 11.3 Å². The van der Waals surface area contributed by atoms with Crippen LogP contribution in [0.2, 0.25) is 0 Å². The second-order valence-corrected chi connectivity index (χ2v) is 6.79. The largest absolute Gasteiger partial charge is 0.444 e. The van der Waals surface area contributed by atoms with Gasteiger partial charge in [-0.15, -0.1) is 10.2 Å². The summed E-state index contributed by atoms with van der Waals surface area (Å²) in [4.78, 5) is 27.4. The third-order valence-electron chi connectivity index (χ3n) is 2.51. The summed E-state index contributed by atoms with van der Waals surface area (Å²) in [6, 6.07) is 3.37. The minimum atomic E-state index is -0.663. The number of pyridine rings is 1. The van der Waals surface area contributed by atoms with E-state index in [1.165, 1.54) is 17.5 Å². The molecule has 2 amide bonds. The van der Waals surface area contributed by atoms with Gasteiger partial charge in [0.05, 0.1) is 0 Å². The summed E-state index contributed by atoms with van der Waals surface area (Å²) in [5.41, 5.74) is 5.66. The fourth-order valence-corrected chi connectivity index (χ4v) is 2.24. The van der Waals surface area contributed by atoms with Crippen LogP contribution in [0, 0.1) is 0 Å². The van der Waals surface area contributed by atoms with Crippen molar-refractivity contribution in [3.8, 4) is 10.6 Å². The topological polar surface area (TPSA) is 132 Å². The molecule has 0 aliphatic rings. The lowest BCUT2D eigenvalue weighted by atomic mass is 10.2. The molecule has 9 nitrogen and oxygen atoms in total. The molecule has 2 heterocycles. The third kappa shape index (κ3) is 5.47. The predicted octanol–water partition coefficient (Wildman–Crippen LogP) is 1.65. The molecule has 0 saturated heterocycles. The van der Waals surface area contributed by atoms with Crippen LogP contribution in [0.15, 0.2) is 18.3 Å². The number of nitrogen functional groups attached to an aromatic ring is 1. The first kappa shape index (κ1) is 17.6. The van der Waals surface area contributed by atoms with Crippen LogP contribution in [-0.4, -0.2) is 39.3 Å². The number of aromatic nitrogens is 3. The summed E-state index contributed by atoms with van der Waals surface area (Å²) >= 11 is 1.23. The second kappa shape index (κ2) is 7.21. The Morgan fingerprint density at radius 2 is 2.08 bits per heavy atom. The second-order valence-electron chi connectivity index (χ2n) is 5.78. The van der Waals surface area contributed by atoms with Crippen LogP contribution in [0.5, 0.6) is 0 Å². The molecular formula is C14H18N6O3S. The highest BCUT2D eigenvalue weighted by atomic mass is 32.1. The molecule has 2 aromatic heterocycles. The number of hydrogen-bond donors (Lipinski definition) is 3. The Balaban J connectivity index is 1.91. The molecule has 128 valence electrons. The van der Waals surface area contributed by atoms with Gasteiger partial charge in [0.25, 0.3) is 0 Å². The van der Waals surface area contributed by atoms with Crippen molar-refractivity contribution < 1.29 is 14.3 Å². The number of amides is 2. The fourth-order valence-electron chi connectivity index (χ4n) is 1.64. The maximum absolute atomic E-state index is 11.9. The first-order valence-electron chi connectivity index (χ1n) is 7.05. The first-order valence-corrected chi connectivity index (χ1v) is 7.87. The minimum Gasteiger partial charge on any atom is -0.444 e. The zero-order chi connectivity index (χ0) is 17.7. The Morgan fingerprint density at radius 3 is 2.71 bits per heavy atom. The number of nitrogens with one attached hydrogen (secondary N) is 2. The smallest absolute Gasteiger partial charge is 0.408 e. The highest BCUT2D eigenvalue weighted by molar-refractivity contribution is 7.18. The number of ether oxygens (including phenoxy) is 1. The number of carbonyl (C=O) groups excluding carboxylic acids is 2. The zero-order valence-electron chi connectivity index (χ0n) is 13.5. The van der Waals surface area contributed by atoms with Crippen molar-refractivity contribution in [1.82, 2.24) is 20.5 Å². The molecule has 0 radical (unpaired) electrons. The molecule has 0 saturated carbocycles. The van der Waals surface area contributed by atoms with Crippen LogP contribution in [0.4, 0.5) is 15.7 Å². The van der Waals surface area contributed by atoms with Crippen LogP contribution in [0.1, 0.15) is 20.8 Å². The number of anilines is 2. The van der Waals surface area contributed by atoms with Crippen LogP contribution >= 0.6 is 11.3 Å². The van der Waals surface area contributed by atoms with Crippen molar-refractivity contribution in [1.29, 1.82) is 0 Å². The van der Waals surface area contributed by atoms with Crippen molar-refractivity contribution in [2.24, 2.45) is 0 Å². The predicted molar refractivity (Wildman–Crippen MR) is 90.4 cm³/mol. The number of hydrogen-bond acceptors (Lipinski definition) is 8. The molecule has 0 aliphatic carbocycles. The molecule has 24 heavy (non-hydrogen) atoms. The van der Waals surface area contributed by atoms with Crippen molar-refractivity contribution in [2.75, 3.05) is 17.6 Å². The Kier molecular flexibility index (Phi) is 5.29. The Morgan fingerprint density at radius 1 is 1.33 bits per heavy atom. The summed E-state index contributed by atoms with van der Waals surface area (Å²) in [6.45, 7) is 4.99. The maximum Gasteiger partial charge on any atom is 0.408 e. The van der Waals surface area contributed by atoms with Gasteiger partial charge in [-0.05, 0) is 32.9 Å². The summed E-state index contributed by atoms with van der Waals surface area (Å²) in [5.74, 6) is -0.0976. The van der Waals surface area contributed by atoms with Gasteiger partial charge in [0.2, 0.25) is 11.0 Å². The lowest BCUT2D eigenvalue weighted by Gasteiger charge is -2.19. The van der Waals surface area contributed by atoms with Gasteiger partial charge in [-0.3, -0.25) is 4.79 Å². The van der Waals surface area contributed by atoms with E-state index >= 15 is 0 Å². The highest BCUT2D eigenvalue weighted by Crippen LogP contribution is 2.25. The van der Waals surface area contributed by atoms with E-state index in [4.69, 9.17) is 10.5 Å². The zero-order valence-corrected chi connectivity index (χ0v) is 14.3. The summed E-state index contributed by atoms with van der Waals surface area (Å²) in [6.07, 6.45) is 0.868. The lowest BCUT2D eigenvalue weighted by molar-refractivity contribution is -0.115. The van der Waals surface area contributed by atoms with E-state index in [-0.39, 0.29) is 6.54 Å². The van der Waals surface area contributed by atoms with Crippen molar-refractivity contribution in [3.63, 3.8) is 0 Å². The third-order valence-corrected chi connectivity index (χ3v) is 3.31. The van der Waals surface area contributed by atoms with E-state index < -0.39 is 17.6 Å². The Hall–Kier alpha value is -2.75. The average molecular weight is 350 g/mol. The van der Waals surface area contributed by atoms with Gasteiger partial charge in [0.15, 0.2) is 0 Å². The van der Waals surface area contributed by atoms with Crippen LogP contribution in [0.3, 0.4) is 0 Å². The quantitative estimate of drug-likeness (QED) is 0.763. The lowest BCUT2D eigenvalue weighted by Crippen LogP contribution is -2.37. The van der Waals surface area contributed by atoms with Gasteiger partial charge in [0.1, 0.15) is 23.0 Å². The van der Waals surface area contributed by atoms with E-state index in [2.05, 4.69) is 25.8 Å². The number of carbonyl (C=O) groups is 2. The molecule has 0 fully saturated rings. The van der Waals surface area contributed by atoms with Gasteiger partial charge < -0.3 is 21.1 Å². The Labute approximate surface area is 142 Å². The summed E-state index contributed by atoms with van der Waals surface area (Å²) in [5, 5.41) is 13.6. The van der Waals surface area contributed by atoms with E-state index in [0.29, 0.717) is 16.0 Å². The molecule has 0 bridgehead atoms. The van der Waals surface area contributed by atoms with Gasteiger partial charge in [0, 0.05) is 11.8 Å². The summed E-state index contributed by atoms with van der Waals surface area (Å²) in [7, 11) is 0. The van der Waals surface area contributed by atoms with Crippen LogP contribution in [0.25, 0.3) is 10.6 Å². The maximum atomic E-state index is 11.9. The number of nitrogens with two attached hydrogens (primary N) is 1. The van der Waals surface area contributed by atoms with Crippen molar-refractivity contribution in [3.05, 3.63) is 18.3 Å². The van der Waals surface area contributed by atoms with Gasteiger partial charge in [-0.25, -0.2) is 9.78 Å². The van der Waals surface area contributed by atoms with E-state index in [0.717, 1.165) is 5.56 Å². The number of alkyl carbamates (subject to hydrolysis) is 1. The van der Waals surface area contributed by atoms with E-state index in [1.54, 1.807) is 32.9 Å². The number of rotatable bonds is 4. The van der Waals surface area contributed by atoms with Crippen LogP contribution < -0.4 is 16.4 Å². The molecule has 0 unspecified atom stereocenters. The number of nitrogens with zero attached hydrogens (tertiary/aromatic N) is 3. The monoisotopic (exact) mass is 350 g/mol. The fraction of sp³-hybridized carbons (Fsp3) is 0.357. The highest BCUT2D eigenvalue weighted by Gasteiger charge is 2.16. The van der Waals surface area contributed by atoms with Crippen molar-refractivity contribution >= 4 is 34.3 Å². The molecular weight excluding hydrogens is 332 g/mol. The molecule has 0 spiro atoms. The molecule has 2 aromatic rings. The normalized spacial score (nSPS) is 11.0. The first-order chi connectivity index (χ1) is 11.2. The average Bonchev–Trinajstić information content (AvgIpc) is 2.90. The molecule has 0 aliphatic heterocycles. The van der Waals surface area contributed by atoms with E-state index in [9.17, 15) is 9.59 Å². The molecule has 4 N–H and O–H groups in total. The van der Waals surface area contributed by atoms with Crippen molar-refractivity contribution in [2.45, 2.75) is 26.4 Å². The van der Waals surface area contributed by atoms with Gasteiger partial charge in [-0.2, -0.15) is 0 Å². The Bertz CT molecular complexity index is 740.